The molecule has 2 aromatic heterocycles. The van der Waals surface area contributed by atoms with E-state index < -0.39 is 5.97 Å². The number of anilines is 1. The highest BCUT2D eigenvalue weighted by Gasteiger charge is 2.41. The molecule has 3 heterocycles. The Balaban J connectivity index is 1.50. The predicted molar refractivity (Wildman–Crippen MR) is 168 cm³/mol. The SMILES string of the molecule is CCc1ccccc1NC(=O)CCN1C(=S)NC(c2ccccn2)C1c1cc(C)n(-c2cc(C(=O)O)ccc2C)c1C. The van der Waals surface area contributed by atoms with Crippen LogP contribution in [0.2, 0.25) is 0 Å². The fourth-order valence-electron chi connectivity index (χ4n) is 5.81. The number of aromatic carboxylic acids is 1. The zero-order valence-electron chi connectivity index (χ0n) is 24.2. The molecule has 4 aromatic rings. The monoisotopic (exact) mass is 581 g/mol. The number of pyridine rings is 1. The Bertz CT molecular complexity index is 1650. The number of carboxylic acids is 1. The van der Waals surface area contributed by atoms with E-state index in [4.69, 9.17) is 12.2 Å². The zero-order valence-corrected chi connectivity index (χ0v) is 25.0. The number of para-hydroxylation sites is 1. The summed E-state index contributed by atoms with van der Waals surface area (Å²) < 4.78 is 2.10. The number of carbonyl (C=O) groups is 2. The van der Waals surface area contributed by atoms with Crippen LogP contribution < -0.4 is 10.6 Å². The maximum atomic E-state index is 13.1. The summed E-state index contributed by atoms with van der Waals surface area (Å²) in [5.74, 6) is -1.05. The fourth-order valence-corrected chi connectivity index (χ4v) is 6.14. The largest absolute Gasteiger partial charge is 0.478 e. The van der Waals surface area contributed by atoms with E-state index in [1.807, 2.05) is 69.3 Å². The molecule has 42 heavy (non-hydrogen) atoms. The molecule has 5 rings (SSSR count). The number of carbonyl (C=O) groups excluding carboxylic acids is 1. The summed E-state index contributed by atoms with van der Waals surface area (Å²) in [7, 11) is 0. The van der Waals surface area contributed by atoms with E-state index in [9.17, 15) is 14.7 Å². The third-order valence-corrected chi connectivity index (χ3v) is 8.29. The second kappa shape index (κ2) is 12.2. The van der Waals surface area contributed by atoms with Gasteiger partial charge in [-0.05, 0) is 92.5 Å². The first-order valence-electron chi connectivity index (χ1n) is 14.1. The van der Waals surface area contributed by atoms with Crippen LogP contribution in [-0.2, 0) is 11.2 Å². The second-order valence-corrected chi connectivity index (χ2v) is 11.0. The highest BCUT2D eigenvalue weighted by atomic mass is 32.1. The molecular formula is C33H35N5O3S. The first kappa shape index (κ1) is 29.0. The van der Waals surface area contributed by atoms with Crippen molar-refractivity contribution in [1.29, 1.82) is 0 Å². The van der Waals surface area contributed by atoms with Gasteiger partial charge in [-0.15, -0.1) is 0 Å². The fraction of sp³-hybridized carbons (Fsp3) is 0.273. The maximum Gasteiger partial charge on any atom is 0.335 e. The first-order valence-corrected chi connectivity index (χ1v) is 14.5. The molecule has 1 aliphatic heterocycles. The van der Waals surface area contributed by atoms with Gasteiger partial charge in [0.15, 0.2) is 5.11 Å². The van der Waals surface area contributed by atoms with Gasteiger partial charge < -0.3 is 25.2 Å². The molecule has 0 aliphatic carbocycles. The molecule has 0 bridgehead atoms. The smallest absolute Gasteiger partial charge is 0.335 e. The molecule has 1 fully saturated rings. The average Bonchev–Trinajstić information content (AvgIpc) is 3.46. The number of amides is 1. The Morgan fingerprint density at radius 3 is 2.52 bits per heavy atom. The van der Waals surface area contributed by atoms with Gasteiger partial charge in [-0.1, -0.05) is 37.3 Å². The quantitative estimate of drug-likeness (QED) is 0.207. The van der Waals surface area contributed by atoms with Gasteiger partial charge in [0.1, 0.15) is 0 Å². The Morgan fingerprint density at radius 1 is 1.05 bits per heavy atom. The molecule has 8 nitrogen and oxygen atoms in total. The normalized spacial score (nSPS) is 16.4. The summed E-state index contributed by atoms with van der Waals surface area (Å²) in [5.41, 5.74) is 7.77. The van der Waals surface area contributed by atoms with Gasteiger partial charge in [0, 0.05) is 41.9 Å². The van der Waals surface area contributed by atoms with Crippen LogP contribution in [0.25, 0.3) is 5.69 Å². The van der Waals surface area contributed by atoms with Crippen LogP contribution in [0.5, 0.6) is 0 Å². The Labute approximate surface area is 251 Å². The van der Waals surface area contributed by atoms with E-state index in [-0.39, 0.29) is 30.0 Å². The van der Waals surface area contributed by atoms with Crippen LogP contribution in [0.3, 0.4) is 0 Å². The lowest BCUT2D eigenvalue weighted by Crippen LogP contribution is -2.33. The van der Waals surface area contributed by atoms with Gasteiger partial charge in [0.25, 0.3) is 0 Å². The molecule has 2 unspecified atom stereocenters. The minimum Gasteiger partial charge on any atom is -0.478 e. The van der Waals surface area contributed by atoms with E-state index in [0.29, 0.717) is 11.7 Å². The van der Waals surface area contributed by atoms with E-state index in [1.165, 1.54) is 0 Å². The molecule has 0 spiro atoms. The Kier molecular flexibility index (Phi) is 8.40. The van der Waals surface area contributed by atoms with Gasteiger partial charge in [-0.2, -0.15) is 0 Å². The molecular weight excluding hydrogens is 546 g/mol. The van der Waals surface area contributed by atoms with Crippen molar-refractivity contribution in [1.82, 2.24) is 19.8 Å². The van der Waals surface area contributed by atoms with Gasteiger partial charge in [0.05, 0.1) is 23.3 Å². The lowest BCUT2D eigenvalue weighted by atomic mass is 9.96. The van der Waals surface area contributed by atoms with Crippen molar-refractivity contribution < 1.29 is 14.7 Å². The lowest BCUT2D eigenvalue weighted by Gasteiger charge is -2.28. The summed E-state index contributed by atoms with van der Waals surface area (Å²) in [6.07, 6.45) is 2.85. The molecule has 1 aliphatic rings. The highest BCUT2D eigenvalue weighted by molar-refractivity contribution is 7.80. The van der Waals surface area contributed by atoms with Crippen LogP contribution in [0.1, 0.15) is 69.6 Å². The van der Waals surface area contributed by atoms with Crippen molar-refractivity contribution in [3.05, 3.63) is 112 Å². The molecule has 0 saturated carbocycles. The number of hydrogen-bond donors (Lipinski definition) is 3. The number of aromatic nitrogens is 2. The predicted octanol–water partition coefficient (Wildman–Crippen LogP) is 6.06. The second-order valence-electron chi connectivity index (χ2n) is 10.6. The van der Waals surface area contributed by atoms with Crippen LogP contribution >= 0.6 is 12.2 Å². The molecule has 1 saturated heterocycles. The summed E-state index contributed by atoms with van der Waals surface area (Å²) in [6, 6.07) is 20.5. The van der Waals surface area contributed by atoms with Crippen LogP contribution in [0.4, 0.5) is 5.69 Å². The zero-order chi connectivity index (χ0) is 30.0. The molecule has 9 heteroatoms. The van der Waals surface area contributed by atoms with Crippen LogP contribution in [-0.4, -0.2) is 43.1 Å². The van der Waals surface area contributed by atoms with Crippen molar-refractivity contribution in [2.45, 2.75) is 52.6 Å². The summed E-state index contributed by atoms with van der Waals surface area (Å²) in [4.78, 5) is 31.6. The number of carboxylic acid groups (broad SMARTS) is 1. The van der Waals surface area contributed by atoms with Gasteiger partial charge in [-0.25, -0.2) is 4.79 Å². The maximum absolute atomic E-state index is 13.1. The Hall–Kier alpha value is -4.50. The number of thiocarbonyl (C=S) groups is 1. The first-order chi connectivity index (χ1) is 20.2. The molecule has 2 aromatic carbocycles. The van der Waals surface area contributed by atoms with Crippen molar-refractivity contribution >= 4 is 34.9 Å². The third-order valence-electron chi connectivity index (χ3n) is 7.94. The van der Waals surface area contributed by atoms with Crippen molar-refractivity contribution in [3.63, 3.8) is 0 Å². The number of rotatable bonds is 9. The number of hydrogen-bond acceptors (Lipinski definition) is 4. The molecule has 216 valence electrons. The molecule has 2 atom stereocenters. The number of aryl methyl sites for hydroxylation is 3. The van der Waals surface area contributed by atoms with E-state index in [1.54, 1.807) is 18.3 Å². The van der Waals surface area contributed by atoms with E-state index >= 15 is 0 Å². The van der Waals surface area contributed by atoms with Crippen LogP contribution in [0, 0.1) is 20.8 Å². The van der Waals surface area contributed by atoms with E-state index in [2.05, 4.69) is 38.1 Å². The van der Waals surface area contributed by atoms with Crippen molar-refractivity contribution in [2.24, 2.45) is 0 Å². The van der Waals surface area contributed by atoms with Crippen molar-refractivity contribution in [2.75, 3.05) is 11.9 Å². The van der Waals surface area contributed by atoms with Crippen LogP contribution in [0.15, 0.2) is 72.9 Å². The van der Waals surface area contributed by atoms with Gasteiger partial charge in [-0.3, -0.25) is 9.78 Å². The molecule has 0 radical (unpaired) electrons. The number of benzene rings is 2. The topological polar surface area (TPSA) is 99.5 Å². The standard InChI is InChI=1S/C33H35N5O3S/c1-5-23-10-6-7-11-26(23)35-29(39)15-17-37-31(30(36-33(37)42)27-12-8-9-16-34-27)25-18-21(3)38(22(25)4)28-19-24(32(40)41)14-13-20(28)2/h6-14,16,18-19,30-31H,5,15,17H2,1-4H3,(H,35,39)(H,36,42)(H,40,41). The Morgan fingerprint density at radius 2 is 1.81 bits per heavy atom. The lowest BCUT2D eigenvalue weighted by molar-refractivity contribution is -0.116. The minimum absolute atomic E-state index is 0.0784. The minimum atomic E-state index is -0.967. The summed E-state index contributed by atoms with van der Waals surface area (Å²) in [5, 5.41) is 16.7. The number of nitrogens with zero attached hydrogens (tertiary/aromatic N) is 3. The summed E-state index contributed by atoms with van der Waals surface area (Å²) in [6.45, 7) is 8.51. The van der Waals surface area contributed by atoms with Gasteiger partial charge >= 0.3 is 5.97 Å². The molecule has 3 N–H and O–H groups in total. The summed E-state index contributed by atoms with van der Waals surface area (Å²) >= 11 is 5.84. The average molecular weight is 582 g/mol. The number of nitrogens with one attached hydrogen (secondary N) is 2. The molecule has 1 amide bonds. The van der Waals surface area contributed by atoms with Gasteiger partial charge in [0.2, 0.25) is 5.91 Å². The third kappa shape index (κ3) is 5.65. The van der Waals surface area contributed by atoms with Crippen molar-refractivity contribution in [3.8, 4) is 5.69 Å². The highest BCUT2D eigenvalue weighted by Crippen LogP contribution is 2.41. The van der Waals surface area contributed by atoms with E-state index in [0.717, 1.165) is 51.6 Å².